The van der Waals surface area contributed by atoms with Gasteiger partial charge in [0, 0.05) is 31.0 Å². The average Bonchev–Trinajstić information content (AvgIpc) is 3.22. The van der Waals surface area contributed by atoms with Gasteiger partial charge in [0.15, 0.2) is 11.2 Å². The quantitative estimate of drug-likeness (QED) is 0.531. The molecular weight excluding hydrogens is 444 g/mol. The van der Waals surface area contributed by atoms with Crippen LogP contribution in [0.5, 0.6) is 0 Å². The Morgan fingerprint density at radius 3 is 2.71 bits per heavy atom. The Labute approximate surface area is 203 Å². The molecule has 4 heterocycles. The largest absolute Gasteiger partial charge is 0.352 e. The molecule has 1 saturated heterocycles. The molecule has 2 aliphatic rings. The van der Waals surface area contributed by atoms with Gasteiger partial charge < -0.3 is 10.6 Å². The Morgan fingerprint density at radius 2 is 1.94 bits per heavy atom. The molecule has 2 N–H and O–H groups in total. The molecule has 184 valence electrons. The third-order valence-corrected chi connectivity index (χ3v) is 7.01. The Bertz CT molecular complexity index is 1450. The molecule has 1 fully saturated rings. The lowest BCUT2D eigenvalue weighted by molar-refractivity contribution is 0.477. The molecule has 0 unspecified atom stereocenters. The summed E-state index contributed by atoms with van der Waals surface area (Å²) in [5.74, 6) is 7.00. The summed E-state index contributed by atoms with van der Waals surface area (Å²) in [5.41, 5.74) is 3.06. The minimum atomic E-state index is -0.432. The zero-order chi connectivity index (χ0) is 24.5. The van der Waals surface area contributed by atoms with Crippen molar-refractivity contribution in [2.75, 3.05) is 18.4 Å². The molecule has 1 atom stereocenters. The van der Waals surface area contributed by atoms with Crippen LogP contribution < -0.4 is 21.9 Å². The van der Waals surface area contributed by atoms with Crippen molar-refractivity contribution >= 4 is 17.1 Å². The number of hydrogen-bond acceptors (Lipinski definition) is 7. The van der Waals surface area contributed by atoms with E-state index < -0.39 is 11.2 Å². The highest BCUT2D eigenvalue weighted by molar-refractivity contribution is 5.74. The van der Waals surface area contributed by atoms with E-state index in [1.54, 1.807) is 18.5 Å². The van der Waals surface area contributed by atoms with Crippen LogP contribution in [0.4, 0.5) is 5.95 Å². The van der Waals surface area contributed by atoms with Gasteiger partial charge in [-0.2, -0.15) is 4.98 Å². The fourth-order valence-electron chi connectivity index (χ4n) is 5.15. The summed E-state index contributed by atoms with van der Waals surface area (Å²) in [6.07, 6.45) is 6.21. The van der Waals surface area contributed by atoms with Crippen LogP contribution in [0.2, 0.25) is 0 Å². The van der Waals surface area contributed by atoms with Crippen LogP contribution in [0.3, 0.4) is 0 Å². The second-order valence-corrected chi connectivity index (χ2v) is 9.40. The smallest absolute Gasteiger partial charge is 0.332 e. The molecule has 0 aromatic carbocycles. The Kier molecular flexibility index (Phi) is 6.43. The highest BCUT2D eigenvalue weighted by Gasteiger charge is 2.23. The van der Waals surface area contributed by atoms with Gasteiger partial charge in [0.1, 0.15) is 5.82 Å². The monoisotopic (exact) mass is 476 g/mol. The fourth-order valence-corrected chi connectivity index (χ4v) is 5.15. The van der Waals surface area contributed by atoms with E-state index in [4.69, 9.17) is 4.98 Å². The van der Waals surface area contributed by atoms with Crippen LogP contribution in [-0.4, -0.2) is 47.8 Å². The number of fused-ring (bicyclic) bond motifs is 2. The first-order valence-electron chi connectivity index (χ1n) is 12.4. The van der Waals surface area contributed by atoms with Crippen molar-refractivity contribution in [1.29, 1.82) is 0 Å². The molecule has 0 spiro atoms. The maximum atomic E-state index is 13.7. The topological polar surface area (TPSA) is 112 Å². The lowest BCUT2D eigenvalue weighted by Crippen LogP contribution is -2.40. The van der Waals surface area contributed by atoms with E-state index in [1.807, 2.05) is 6.92 Å². The van der Waals surface area contributed by atoms with Gasteiger partial charge in [-0.3, -0.25) is 18.5 Å². The second-order valence-electron chi connectivity index (χ2n) is 9.40. The van der Waals surface area contributed by atoms with Crippen LogP contribution in [0.15, 0.2) is 9.59 Å². The average molecular weight is 477 g/mol. The Hall–Kier alpha value is -3.45. The highest BCUT2D eigenvalue weighted by Crippen LogP contribution is 2.22. The van der Waals surface area contributed by atoms with Crippen LogP contribution in [0.25, 0.3) is 11.2 Å². The Balaban J connectivity index is 1.61. The SMILES string of the molecule is CC#CCn1c(N[C@@H]2CCCNC2)nc2c1c(=O)n(Cc1nc(C)c3c(n1)CCCC3)c(=O)n2C. The zero-order valence-electron chi connectivity index (χ0n) is 20.6. The predicted molar refractivity (Wildman–Crippen MR) is 135 cm³/mol. The van der Waals surface area contributed by atoms with Crippen molar-refractivity contribution in [3.8, 4) is 11.8 Å². The lowest BCUT2D eigenvalue weighted by atomic mass is 9.95. The molecule has 1 aliphatic heterocycles. The summed E-state index contributed by atoms with van der Waals surface area (Å²) in [7, 11) is 1.65. The summed E-state index contributed by atoms with van der Waals surface area (Å²) in [6.45, 7) is 5.89. The highest BCUT2D eigenvalue weighted by atomic mass is 16.2. The standard InChI is InChI=1S/C25H32N8O2/c1-4-5-13-32-21-22(30-24(32)28-17-9-8-12-26-14-17)31(3)25(35)33(23(21)34)15-20-27-16(2)18-10-6-7-11-19(18)29-20/h17,26H,6-15H2,1-3H3,(H,28,30)/t17-/m1/s1. The molecule has 0 amide bonds. The van der Waals surface area contributed by atoms with Gasteiger partial charge in [0.25, 0.3) is 5.56 Å². The van der Waals surface area contributed by atoms with Crippen molar-refractivity contribution in [2.24, 2.45) is 7.05 Å². The number of anilines is 1. The maximum Gasteiger partial charge on any atom is 0.332 e. The van der Waals surface area contributed by atoms with Crippen molar-refractivity contribution in [2.45, 2.75) is 71.5 Å². The molecule has 10 heteroatoms. The van der Waals surface area contributed by atoms with Gasteiger partial charge in [-0.15, -0.1) is 5.92 Å². The van der Waals surface area contributed by atoms with E-state index >= 15 is 0 Å². The van der Waals surface area contributed by atoms with Gasteiger partial charge in [0.2, 0.25) is 5.95 Å². The van der Waals surface area contributed by atoms with E-state index in [9.17, 15) is 9.59 Å². The number of imidazole rings is 1. The van der Waals surface area contributed by atoms with Gasteiger partial charge in [-0.1, -0.05) is 5.92 Å². The summed E-state index contributed by atoms with van der Waals surface area (Å²) in [6, 6.07) is 0.194. The first-order valence-corrected chi connectivity index (χ1v) is 12.4. The van der Waals surface area contributed by atoms with Crippen molar-refractivity contribution < 1.29 is 0 Å². The predicted octanol–water partition coefficient (Wildman–Crippen LogP) is 1.11. The maximum absolute atomic E-state index is 13.7. The number of piperidine rings is 1. The third-order valence-electron chi connectivity index (χ3n) is 7.01. The summed E-state index contributed by atoms with van der Waals surface area (Å²) < 4.78 is 4.44. The third kappa shape index (κ3) is 4.36. The Morgan fingerprint density at radius 1 is 1.11 bits per heavy atom. The van der Waals surface area contributed by atoms with Crippen LogP contribution >= 0.6 is 0 Å². The second kappa shape index (κ2) is 9.66. The van der Waals surface area contributed by atoms with Crippen LogP contribution in [0.1, 0.15) is 55.4 Å². The first-order chi connectivity index (χ1) is 17.0. The molecule has 3 aromatic rings. The number of aryl methyl sites for hydroxylation is 3. The number of aromatic nitrogens is 6. The zero-order valence-corrected chi connectivity index (χ0v) is 20.6. The molecule has 5 rings (SSSR count). The molecule has 0 radical (unpaired) electrons. The normalized spacial score (nSPS) is 17.6. The molecule has 10 nitrogen and oxygen atoms in total. The van der Waals surface area contributed by atoms with E-state index in [0.717, 1.165) is 63.0 Å². The molecule has 0 bridgehead atoms. The first kappa shape index (κ1) is 23.3. The van der Waals surface area contributed by atoms with Gasteiger partial charge in [-0.25, -0.2) is 14.8 Å². The van der Waals surface area contributed by atoms with E-state index in [0.29, 0.717) is 29.5 Å². The summed E-state index contributed by atoms with van der Waals surface area (Å²) in [4.78, 5) is 41.0. The lowest BCUT2D eigenvalue weighted by Gasteiger charge is -2.24. The number of rotatable bonds is 5. The van der Waals surface area contributed by atoms with Crippen molar-refractivity contribution in [3.63, 3.8) is 0 Å². The molecule has 35 heavy (non-hydrogen) atoms. The van der Waals surface area contributed by atoms with Crippen molar-refractivity contribution in [3.05, 3.63) is 43.6 Å². The molecular formula is C25H32N8O2. The molecule has 1 aliphatic carbocycles. The van der Waals surface area contributed by atoms with E-state index in [1.165, 1.54) is 14.7 Å². The van der Waals surface area contributed by atoms with E-state index in [2.05, 4.69) is 32.4 Å². The van der Waals surface area contributed by atoms with Gasteiger partial charge >= 0.3 is 5.69 Å². The van der Waals surface area contributed by atoms with Gasteiger partial charge in [-0.05, 0) is 64.5 Å². The summed E-state index contributed by atoms with van der Waals surface area (Å²) >= 11 is 0. The summed E-state index contributed by atoms with van der Waals surface area (Å²) in [5, 5.41) is 6.85. The van der Waals surface area contributed by atoms with Crippen LogP contribution in [0, 0.1) is 18.8 Å². The van der Waals surface area contributed by atoms with Gasteiger partial charge in [0.05, 0.1) is 13.1 Å². The molecule has 3 aromatic heterocycles. The number of nitrogens with zero attached hydrogens (tertiary/aromatic N) is 6. The van der Waals surface area contributed by atoms with E-state index in [-0.39, 0.29) is 12.6 Å². The van der Waals surface area contributed by atoms with Crippen LogP contribution in [-0.2, 0) is 33.0 Å². The molecule has 0 saturated carbocycles. The van der Waals surface area contributed by atoms with Crippen molar-refractivity contribution in [1.82, 2.24) is 34.0 Å². The minimum Gasteiger partial charge on any atom is -0.352 e. The number of nitrogens with one attached hydrogen (secondary N) is 2. The minimum absolute atomic E-state index is 0.0233. The fraction of sp³-hybridized carbons (Fsp3) is 0.560. The number of hydrogen-bond donors (Lipinski definition) is 2.